The van der Waals surface area contributed by atoms with Gasteiger partial charge in [0.2, 0.25) is 0 Å². The Balaban J connectivity index is 2.53. The van der Waals surface area contributed by atoms with Gasteiger partial charge in [0.05, 0.1) is 12.7 Å². The van der Waals surface area contributed by atoms with Gasteiger partial charge < -0.3 is 14.5 Å². The molecule has 1 heterocycles. The third kappa shape index (κ3) is 4.08. The lowest BCUT2D eigenvalue weighted by Gasteiger charge is -2.11. The molecule has 2 rings (SSSR count). The zero-order valence-corrected chi connectivity index (χ0v) is 14.4. The molecule has 0 atom stereocenters. The van der Waals surface area contributed by atoms with Gasteiger partial charge in [0.1, 0.15) is 11.6 Å². The van der Waals surface area contributed by atoms with Crippen molar-refractivity contribution in [3.8, 4) is 5.75 Å². The van der Waals surface area contributed by atoms with Crippen LogP contribution in [0.1, 0.15) is 28.4 Å². The Hall–Kier alpha value is -2.48. The Morgan fingerprint density at radius 1 is 1.25 bits per heavy atom. The van der Waals surface area contributed by atoms with E-state index in [-0.39, 0.29) is 28.9 Å². The zero-order valence-electron chi connectivity index (χ0n) is 12.8. The fraction of sp³-hybridized carbons (Fsp3) is 0.188. The number of pyridine rings is 1. The summed E-state index contributed by atoms with van der Waals surface area (Å²) in [5.74, 6) is -2.38. The smallest absolute Gasteiger partial charge is 0.340 e. The number of hydrogen-bond donors (Lipinski definition) is 1. The van der Waals surface area contributed by atoms with Crippen LogP contribution in [0, 0.1) is 5.82 Å². The monoisotopic (exact) mass is 397 g/mol. The molecule has 2 aromatic rings. The Morgan fingerprint density at radius 2 is 1.96 bits per heavy atom. The minimum absolute atomic E-state index is 0.00968. The van der Waals surface area contributed by atoms with Gasteiger partial charge >= 0.3 is 11.9 Å². The summed E-state index contributed by atoms with van der Waals surface area (Å²) in [6, 6.07) is 3.71. The normalized spacial score (nSPS) is 10.3. The van der Waals surface area contributed by atoms with Crippen LogP contribution in [0.4, 0.5) is 4.39 Å². The third-order valence-electron chi connectivity index (χ3n) is 3.13. The lowest BCUT2D eigenvalue weighted by atomic mass is 10.0. The van der Waals surface area contributed by atoms with Crippen molar-refractivity contribution in [3.05, 3.63) is 61.7 Å². The summed E-state index contributed by atoms with van der Waals surface area (Å²) in [6.45, 7) is 1.18. The number of methoxy groups -OCH3 is 1. The standard InChI is InChI=1S/C16H13BrFNO5/c1-8(20)24-14-6-12(16(22)23-2)13(18)5-9(14)3-10-4-11(17)7-19-15(10)21/h4-7H,3H2,1-2H3,(H,19,21). The van der Waals surface area contributed by atoms with E-state index in [9.17, 15) is 18.8 Å². The summed E-state index contributed by atoms with van der Waals surface area (Å²) in [7, 11) is 1.11. The molecule has 6 nitrogen and oxygen atoms in total. The van der Waals surface area contributed by atoms with Crippen LogP contribution in [0.3, 0.4) is 0 Å². The SMILES string of the molecule is COC(=O)c1cc(OC(C)=O)c(Cc2cc(Br)c[nH]c2=O)cc1F. The Bertz CT molecular complexity index is 862. The summed E-state index contributed by atoms with van der Waals surface area (Å²) < 4.78 is 24.3. The fourth-order valence-corrected chi connectivity index (χ4v) is 2.48. The van der Waals surface area contributed by atoms with Gasteiger partial charge in [-0.25, -0.2) is 9.18 Å². The van der Waals surface area contributed by atoms with Crippen LogP contribution < -0.4 is 10.3 Å². The Morgan fingerprint density at radius 3 is 2.58 bits per heavy atom. The van der Waals surface area contributed by atoms with Crippen molar-refractivity contribution in [2.75, 3.05) is 7.11 Å². The van der Waals surface area contributed by atoms with E-state index in [2.05, 4.69) is 25.7 Å². The maximum atomic E-state index is 14.2. The van der Waals surface area contributed by atoms with E-state index in [4.69, 9.17) is 4.74 Å². The molecule has 0 radical (unpaired) electrons. The highest BCUT2D eigenvalue weighted by molar-refractivity contribution is 9.10. The summed E-state index contributed by atoms with van der Waals surface area (Å²) in [5, 5.41) is 0. The second-order valence-corrected chi connectivity index (χ2v) is 5.79. The molecule has 1 N–H and O–H groups in total. The number of nitrogens with one attached hydrogen (secondary N) is 1. The molecule has 0 spiro atoms. The fourth-order valence-electron chi connectivity index (χ4n) is 2.09. The highest BCUT2D eigenvalue weighted by Crippen LogP contribution is 2.26. The molecule has 1 aromatic carbocycles. The number of ether oxygens (including phenoxy) is 2. The van der Waals surface area contributed by atoms with Gasteiger partial charge in [-0.05, 0) is 34.1 Å². The summed E-state index contributed by atoms with van der Waals surface area (Å²) in [5.41, 5.74) is -0.132. The van der Waals surface area contributed by atoms with Gasteiger partial charge in [-0.15, -0.1) is 0 Å². The maximum Gasteiger partial charge on any atom is 0.340 e. The number of H-pyrrole nitrogens is 1. The van der Waals surface area contributed by atoms with Crippen molar-refractivity contribution < 1.29 is 23.5 Å². The van der Waals surface area contributed by atoms with Crippen LogP contribution in [0.2, 0.25) is 0 Å². The van der Waals surface area contributed by atoms with Gasteiger partial charge in [0.15, 0.2) is 0 Å². The molecule has 126 valence electrons. The largest absolute Gasteiger partial charge is 0.465 e. The van der Waals surface area contributed by atoms with Gasteiger partial charge in [-0.1, -0.05) is 0 Å². The first-order valence-corrected chi connectivity index (χ1v) is 7.57. The zero-order chi connectivity index (χ0) is 17.9. The van der Waals surface area contributed by atoms with Gasteiger partial charge in [-0.2, -0.15) is 0 Å². The lowest BCUT2D eigenvalue weighted by molar-refractivity contribution is -0.131. The number of carbonyl (C=O) groups is 2. The molecule has 0 aliphatic heterocycles. The number of rotatable bonds is 4. The van der Waals surface area contributed by atoms with E-state index in [1.165, 1.54) is 13.1 Å². The highest BCUT2D eigenvalue weighted by Gasteiger charge is 2.19. The predicted molar refractivity (Wildman–Crippen MR) is 86.6 cm³/mol. The molecule has 1 aromatic heterocycles. The van der Waals surface area contributed by atoms with Crippen molar-refractivity contribution in [3.63, 3.8) is 0 Å². The third-order valence-corrected chi connectivity index (χ3v) is 3.59. The van der Waals surface area contributed by atoms with Crippen LogP contribution in [0.25, 0.3) is 0 Å². The lowest BCUT2D eigenvalue weighted by Crippen LogP contribution is -2.14. The molecule has 0 aliphatic rings. The summed E-state index contributed by atoms with van der Waals surface area (Å²) in [4.78, 5) is 37.2. The maximum absolute atomic E-state index is 14.2. The van der Waals surface area contributed by atoms with Crippen molar-refractivity contribution in [2.45, 2.75) is 13.3 Å². The second-order valence-electron chi connectivity index (χ2n) is 4.87. The van der Waals surface area contributed by atoms with E-state index < -0.39 is 17.8 Å². The molecule has 0 fully saturated rings. The predicted octanol–water partition coefficient (Wildman–Crippen LogP) is 2.58. The van der Waals surface area contributed by atoms with E-state index in [0.29, 0.717) is 10.0 Å². The molecule has 8 heteroatoms. The van der Waals surface area contributed by atoms with E-state index in [1.54, 1.807) is 6.07 Å². The average molecular weight is 398 g/mol. The molecule has 0 amide bonds. The number of carbonyl (C=O) groups excluding carboxylic acids is 2. The first-order valence-electron chi connectivity index (χ1n) is 6.78. The van der Waals surface area contributed by atoms with Crippen molar-refractivity contribution >= 4 is 27.9 Å². The van der Waals surface area contributed by atoms with Gasteiger partial charge in [0.25, 0.3) is 5.56 Å². The quantitative estimate of drug-likeness (QED) is 0.632. The van der Waals surface area contributed by atoms with Crippen LogP contribution in [0.15, 0.2) is 33.7 Å². The number of benzene rings is 1. The highest BCUT2D eigenvalue weighted by atomic mass is 79.9. The molecule has 0 bridgehead atoms. The van der Waals surface area contributed by atoms with Crippen LogP contribution in [-0.4, -0.2) is 24.0 Å². The molecule has 0 saturated carbocycles. The minimum Gasteiger partial charge on any atom is -0.465 e. The first-order chi connectivity index (χ1) is 11.3. The summed E-state index contributed by atoms with van der Waals surface area (Å²) >= 11 is 3.23. The second kappa shape index (κ2) is 7.39. The Labute approximate surface area is 144 Å². The van der Waals surface area contributed by atoms with Crippen molar-refractivity contribution in [2.24, 2.45) is 0 Å². The van der Waals surface area contributed by atoms with E-state index in [0.717, 1.165) is 19.2 Å². The topological polar surface area (TPSA) is 85.5 Å². The summed E-state index contributed by atoms with van der Waals surface area (Å²) in [6.07, 6.45) is 1.48. The van der Waals surface area contributed by atoms with Crippen LogP contribution in [-0.2, 0) is 16.0 Å². The number of aromatic nitrogens is 1. The number of hydrogen-bond acceptors (Lipinski definition) is 5. The van der Waals surface area contributed by atoms with Crippen molar-refractivity contribution in [1.82, 2.24) is 4.98 Å². The first kappa shape index (κ1) is 17.9. The van der Waals surface area contributed by atoms with E-state index in [1.807, 2.05) is 0 Å². The van der Waals surface area contributed by atoms with Crippen LogP contribution >= 0.6 is 15.9 Å². The van der Waals surface area contributed by atoms with E-state index >= 15 is 0 Å². The molecular weight excluding hydrogens is 385 g/mol. The van der Waals surface area contributed by atoms with Crippen molar-refractivity contribution in [1.29, 1.82) is 0 Å². The molecule has 0 aliphatic carbocycles. The molecule has 0 saturated heterocycles. The Kier molecular flexibility index (Phi) is 5.50. The van der Waals surface area contributed by atoms with Crippen LogP contribution in [0.5, 0.6) is 5.75 Å². The molecular formula is C16H13BrFNO5. The minimum atomic E-state index is -0.896. The number of halogens is 2. The van der Waals surface area contributed by atoms with Gasteiger partial charge in [-0.3, -0.25) is 9.59 Å². The number of esters is 2. The average Bonchev–Trinajstić information content (AvgIpc) is 2.52. The van der Waals surface area contributed by atoms with Gasteiger partial charge in [0, 0.05) is 35.1 Å². The number of aromatic amines is 1. The molecule has 24 heavy (non-hydrogen) atoms. The molecule has 0 unspecified atom stereocenters.